The van der Waals surface area contributed by atoms with Gasteiger partial charge in [-0.15, -0.1) is 0 Å². The van der Waals surface area contributed by atoms with Crippen molar-refractivity contribution < 1.29 is 9.53 Å². The summed E-state index contributed by atoms with van der Waals surface area (Å²) < 4.78 is 6.37. The smallest absolute Gasteiger partial charge is 0.255 e. The molecule has 1 aromatic heterocycles. The Kier molecular flexibility index (Phi) is 3.59. The number of nitrogens with zero attached hydrogens (tertiary/aromatic N) is 4. The number of hydrogen-bond donors (Lipinski definition) is 0. The molecule has 126 valence electrons. The Bertz CT molecular complexity index is 696. The molecule has 4 atom stereocenters. The molecule has 6 nitrogen and oxygen atoms in total. The summed E-state index contributed by atoms with van der Waals surface area (Å²) in [5, 5.41) is 8.83. The molecule has 0 aromatic carbocycles. The normalized spacial score (nSPS) is 33.8. The highest BCUT2D eigenvalue weighted by Gasteiger charge is 2.63. The molecule has 3 aliphatic rings. The molecule has 1 aromatic rings. The van der Waals surface area contributed by atoms with E-state index in [0.29, 0.717) is 35.7 Å². The second-order valence-electron chi connectivity index (χ2n) is 7.52. The molecule has 1 amide bonds. The summed E-state index contributed by atoms with van der Waals surface area (Å²) in [6.45, 7) is 2.45. The second kappa shape index (κ2) is 5.54. The van der Waals surface area contributed by atoms with Crippen molar-refractivity contribution >= 4 is 5.91 Å². The zero-order valence-corrected chi connectivity index (χ0v) is 14.1. The van der Waals surface area contributed by atoms with Gasteiger partial charge in [0.2, 0.25) is 0 Å². The Morgan fingerprint density at radius 3 is 3.04 bits per heavy atom. The highest BCUT2D eigenvalue weighted by Crippen LogP contribution is 2.55. The maximum atomic E-state index is 12.8. The predicted molar refractivity (Wildman–Crippen MR) is 87.2 cm³/mol. The summed E-state index contributed by atoms with van der Waals surface area (Å²) in [5.74, 6) is 0.922. The lowest BCUT2D eigenvalue weighted by Crippen LogP contribution is -2.40. The van der Waals surface area contributed by atoms with Crippen LogP contribution in [0, 0.1) is 23.2 Å². The first-order chi connectivity index (χ1) is 11.5. The average Bonchev–Trinajstić information content (AvgIpc) is 3.23. The third kappa shape index (κ3) is 2.31. The molecule has 0 saturated carbocycles. The van der Waals surface area contributed by atoms with Crippen LogP contribution in [-0.4, -0.2) is 66.1 Å². The summed E-state index contributed by atoms with van der Waals surface area (Å²) in [4.78, 5) is 21.0. The van der Waals surface area contributed by atoms with Gasteiger partial charge in [0.05, 0.1) is 23.8 Å². The van der Waals surface area contributed by atoms with Gasteiger partial charge in [-0.25, -0.2) is 4.98 Å². The fourth-order valence-electron chi connectivity index (χ4n) is 4.78. The van der Waals surface area contributed by atoms with Crippen LogP contribution in [0.15, 0.2) is 18.3 Å². The lowest BCUT2D eigenvalue weighted by molar-refractivity contribution is 0.00256. The molecule has 0 radical (unpaired) electrons. The summed E-state index contributed by atoms with van der Waals surface area (Å²) in [7, 11) is 4.19. The number of likely N-dealkylation sites (tertiary alicyclic amines) is 1. The van der Waals surface area contributed by atoms with Gasteiger partial charge in [-0.1, -0.05) is 0 Å². The number of ether oxygens (including phenoxy) is 1. The molecule has 2 bridgehead atoms. The van der Waals surface area contributed by atoms with E-state index in [2.05, 4.69) is 24.0 Å². The van der Waals surface area contributed by atoms with Crippen molar-refractivity contribution in [2.45, 2.75) is 24.5 Å². The van der Waals surface area contributed by atoms with E-state index in [4.69, 9.17) is 10.00 Å². The number of rotatable bonds is 3. The van der Waals surface area contributed by atoms with E-state index >= 15 is 0 Å². The van der Waals surface area contributed by atoms with Crippen LogP contribution >= 0.6 is 0 Å². The van der Waals surface area contributed by atoms with Crippen molar-refractivity contribution in [3.8, 4) is 6.07 Å². The van der Waals surface area contributed by atoms with Gasteiger partial charge in [0, 0.05) is 31.1 Å². The van der Waals surface area contributed by atoms with Crippen LogP contribution in [0.3, 0.4) is 0 Å². The molecular weight excluding hydrogens is 304 g/mol. The van der Waals surface area contributed by atoms with Crippen molar-refractivity contribution in [1.82, 2.24) is 14.8 Å². The molecule has 3 fully saturated rings. The van der Waals surface area contributed by atoms with E-state index in [0.717, 1.165) is 25.9 Å². The van der Waals surface area contributed by atoms with E-state index < -0.39 is 0 Å². The molecule has 6 heteroatoms. The quantitative estimate of drug-likeness (QED) is 0.833. The number of pyridine rings is 1. The molecule has 24 heavy (non-hydrogen) atoms. The van der Waals surface area contributed by atoms with Crippen LogP contribution in [0.5, 0.6) is 0 Å². The van der Waals surface area contributed by atoms with Gasteiger partial charge in [0.1, 0.15) is 11.8 Å². The first kappa shape index (κ1) is 15.6. The minimum atomic E-state index is -0.138. The Balaban J connectivity index is 1.53. The largest absolute Gasteiger partial charge is 0.369 e. The molecule has 3 saturated heterocycles. The molecule has 0 N–H and O–H groups in total. The number of aromatic nitrogens is 1. The molecule has 0 aliphatic carbocycles. The standard InChI is InChI=1S/C18H22N4O2/c1-21(2)9-14-15-10-22(11-18(15)6-5-16(14)24-18)17(23)12-3-4-13(7-19)20-8-12/h3-4,8,14-16H,5-6,9-11H2,1-2H3/t14-,15+,16+,18+/m1/s1. The Morgan fingerprint density at radius 2 is 2.38 bits per heavy atom. The number of carbonyl (C=O) groups is 1. The topological polar surface area (TPSA) is 69.5 Å². The van der Waals surface area contributed by atoms with Crippen LogP contribution < -0.4 is 0 Å². The summed E-state index contributed by atoms with van der Waals surface area (Å²) in [6.07, 6.45) is 4.02. The number of amides is 1. The van der Waals surface area contributed by atoms with Crippen LogP contribution in [0.1, 0.15) is 28.9 Å². The van der Waals surface area contributed by atoms with Crippen molar-refractivity contribution in [2.24, 2.45) is 11.8 Å². The molecule has 1 spiro atoms. The maximum absolute atomic E-state index is 12.8. The lowest BCUT2D eigenvalue weighted by atomic mass is 9.73. The van der Waals surface area contributed by atoms with Crippen molar-refractivity contribution in [3.63, 3.8) is 0 Å². The van der Waals surface area contributed by atoms with Gasteiger partial charge >= 0.3 is 0 Å². The van der Waals surface area contributed by atoms with Crippen molar-refractivity contribution in [1.29, 1.82) is 5.26 Å². The second-order valence-corrected chi connectivity index (χ2v) is 7.52. The lowest BCUT2D eigenvalue weighted by Gasteiger charge is -2.30. The van der Waals surface area contributed by atoms with Gasteiger partial charge < -0.3 is 14.5 Å². The van der Waals surface area contributed by atoms with Crippen molar-refractivity contribution in [2.75, 3.05) is 33.7 Å². The van der Waals surface area contributed by atoms with Crippen LogP contribution in [0.4, 0.5) is 0 Å². The van der Waals surface area contributed by atoms with Gasteiger partial charge in [0.15, 0.2) is 0 Å². The van der Waals surface area contributed by atoms with Gasteiger partial charge in [-0.3, -0.25) is 4.79 Å². The van der Waals surface area contributed by atoms with E-state index in [1.807, 2.05) is 11.0 Å². The van der Waals surface area contributed by atoms with Crippen LogP contribution in [0.2, 0.25) is 0 Å². The Labute approximate surface area is 142 Å². The third-order valence-electron chi connectivity index (χ3n) is 5.77. The molecule has 3 aliphatic heterocycles. The minimum Gasteiger partial charge on any atom is -0.369 e. The highest BCUT2D eigenvalue weighted by atomic mass is 16.5. The molecule has 4 heterocycles. The SMILES string of the molecule is CN(C)C[C@H]1[C@@H]2CC[C@@]3(CN(C(=O)c4ccc(C#N)nc4)C[C@@H]13)O2. The predicted octanol–water partition coefficient (Wildman–Crippen LogP) is 1.13. The number of fused-ring (bicyclic) bond motifs is 1. The van der Waals surface area contributed by atoms with Crippen LogP contribution in [0.25, 0.3) is 0 Å². The first-order valence-electron chi connectivity index (χ1n) is 8.50. The summed E-state index contributed by atoms with van der Waals surface area (Å²) in [6, 6.07) is 5.27. The van der Waals surface area contributed by atoms with E-state index in [1.165, 1.54) is 6.20 Å². The number of nitriles is 1. The zero-order chi connectivity index (χ0) is 16.9. The van der Waals surface area contributed by atoms with Crippen molar-refractivity contribution in [3.05, 3.63) is 29.6 Å². The minimum absolute atomic E-state index is 0.00795. The number of hydrogen-bond acceptors (Lipinski definition) is 5. The monoisotopic (exact) mass is 326 g/mol. The van der Waals surface area contributed by atoms with E-state index in [-0.39, 0.29) is 11.5 Å². The third-order valence-corrected chi connectivity index (χ3v) is 5.77. The molecule has 4 rings (SSSR count). The number of carbonyl (C=O) groups excluding carboxylic acids is 1. The first-order valence-corrected chi connectivity index (χ1v) is 8.50. The molecular formula is C18H22N4O2. The maximum Gasteiger partial charge on any atom is 0.255 e. The zero-order valence-electron chi connectivity index (χ0n) is 14.1. The fraction of sp³-hybridized carbons (Fsp3) is 0.611. The molecule has 0 unspecified atom stereocenters. The fourth-order valence-corrected chi connectivity index (χ4v) is 4.78. The summed E-state index contributed by atoms with van der Waals surface area (Å²) in [5.41, 5.74) is 0.738. The van der Waals surface area contributed by atoms with E-state index in [1.54, 1.807) is 12.1 Å². The van der Waals surface area contributed by atoms with Crippen LogP contribution in [-0.2, 0) is 4.74 Å². The Hall–Kier alpha value is -1.97. The van der Waals surface area contributed by atoms with Gasteiger partial charge in [-0.2, -0.15) is 5.26 Å². The summed E-state index contributed by atoms with van der Waals surface area (Å²) >= 11 is 0. The Morgan fingerprint density at radius 1 is 1.54 bits per heavy atom. The van der Waals surface area contributed by atoms with Gasteiger partial charge in [0.25, 0.3) is 5.91 Å². The average molecular weight is 326 g/mol. The van der Waals surface area contributed by atoms with E-state index in [9.17, 15) is 4.79 Å². The highest BCUT2D eigenvalue weighted by molar-refractivity contribution is 5.94. The van der Waals surface area contributed by atoms with Gasteiger partial charge in [-0.05, 0) is 39.1 Å².